The molecule has 2 aliphatic rings. The van der Waals surface area contributed by atoms with Gasteiger partial charge in [-0.2, -0.15) is 0 Å². The van der Waals surface area contributed by atoms with Crippen LogP contribution in [0.3, 0.4) is 0 Å². The van der Waals surface area contributed by atoms with E-state index in [-0.39, 0.29) is 24.4 Å². The zero-order chi connectivity index (χ0) is 20.7. The van der Waals surface area contributed by atoms with Crippen molar-refractivity contribution in [3.8, 4) is 0 Å². The van der Waals surface area contributed by atoms with Crippen LogP contribution in [0.1, 0.15) is 72.1 Å². The molecule has 0 spiro atoms. The molecule has 158 valence electrons. The Morgan fingerprint density at radius 2 is 1.96 bits per heavy atom. The first-order chi connectivity index (χ1) is 13.4. The number of likely N-dealkylation sites (tertiary alicyclic amines) is 1. The van der Waals surface area contributed by atoms with Gasteiger partial charge in [-0.05, 0) is 58.3 Å². The van der Waals surface area contributed by atoms with Crippen LogP contribution in [0.2, 0.25) is 0 Å². The molecule has 0 bridgehead atoms. The average molecular weight is 395 g/mol. The van der Waals surface area contributed by atoms with Crippen LogP contribution in [0, 0.1) is 5.92 Å². The minimum atomic E-state index is -0.969. The first-order valence-electron chi connectivity index (χ1n) is 10.6. The van der Waals surface area contributed by atoms with Crippen molar-refractivity contribution in [2.24, 2.45) is 5.92 Å². The Morgan fingerprint density at radius 3 is 2.61 bits per heavy atom. The number of nitrogens with zero attached hydrogens (tertiary/aromatic N) is 1. The van der Waals surface area contributed by atoms with Gasteiger partial charge < -0.3 is 14.7 Å². The summed E-state index contributed by atoms with van der Waals surface area (Å²) in [6.07, 6.45) is 8.47. The van der Waals surface area contributed by atoms with Crippen LogP contribution in [-0.4, -0.2) is 52.6 Å². The van der Waals surface area contributed by atoms with Crippen LogP contribution in [0.5, 0.6) is 0 Å². The molecule has 0 aromatic carbocycles. The molecule has 2 unspecified atom stereocenters. The third-order valence-electron chi connectivity index (χ3n) is 5.64. The maximum Gasteiger partial charge on any atom is 0.326 e. The molecule has 1 fully saturated rings. The van der Waals surface area contributed by atoms with Crippen molar-refractivity contribution < 1.29 is 24.2 Å². The summed E-state index contributed by atoms with van der Waals surface area (Å²) in [5.74, 6) is -1.38. The Bertz CT molecular complexity index is 604. The van der Waals surface area contributed by atoms with E-state index in [9.17, 15) is 19.5 Å². The molecule has 1 aliphatic heterocycles. The summed E-state index contributed by atoms with van der Waals surface area (Å²) in [6.45, 7) is 5.70. The minimum Gasteiger partial charge on any atom is -0.480 e. The first-order valence-corrected chi connectivity index (χ1v) is 10.6. The minimum absolute atomic E-state index is 0.241. The number of carboxylic acids is 1. The summed E-state index contributed by atoms with van der Waals surface area (Å²) in [6, 6.07) is -2.10. The molecule has 7 heteroatoms. The maximum atomic E-state index is 13.3. The van der Waals surface area contributed by atoms with Crippen molar-refractivity contribution in [3.63, 3.8) is 0 Å². The fraction of sp³-hybridized carbons (Fsp3) is 0.762. The number of ether oxygens (including phenoxy) is 1. The zero-order valence-corrected chi connectivity index (χ0v) is 17.3. The quantitative estimate of drug-likeness (QED) is 0.615. The number of esters is 1. The number of carbonyl (C=O) groups excluding carboxylic acids is 2. The number of carbonyl (C=O) groups is 3. The predicted molar refractivity (Wildman–Crippen MR) is 105 cm³/mol. The second-order valence-corrected chi connectivity index (χ2v) is 7.73. The monoisotopic (exact) mass is 394 g/mol. The van der Waals surface area contributed by atoms with Gasteiger partial charge in [-0.15, -0.1) is 0 Å². The third kappa shape index (κ3) is 5.34. The van der Waals surface area contributed by atoms with Gasteiger partial charge in [0.05, 0.1) is 12.6 Å². The Morgan fingerprint density at radius 1 is 1.25 bits per heavy atom. The molecule has 0 aromatic rings. The molecule has 2 rings (SSSR count). The van der Waals surface area contributed by atoms with E-state index < -0.39 is 24.1 Å². The van der Waals surface area contributed by atoms with Crippen LogP contribution in [0.15, 0.2) is 11.8 Å². The van der Waals surface area contributed by atoms with Gasteiger partial charge in [-0.25, -0.2) is 4.79 Å². The smallest absolute Gasteiger partial charge is 0.326 e. The predicted octanol–water partition coefficient (Wildman–Crippen LogP) is 2.85. The fourth-order valence-corrected chi connectivity index (χ4v) is 4.28. The van der Waals surface area contributed by atoms with Crippen molar-refractivity contribution in [3.05, 3.63) is 11.8 Å². The fourth-order valence-electron chi connectivity index (χ4n) is 4.28. The normalized spacial score (nSPS) is 24.4. The molecule has 28 heavy (non-hydrogen) atoms. The van der Waals surface area contributed by atoms with Gasteiger partial charge in [-0.3, -0.25) is 14.9 Å². The molecular weight excluding hydrogens is 360 g/mol. The molecule has 1 saturated heterocycles. The molecule has 0 radical (unpaired) electrons. The molecule has 4 atom stereocenters. The van der Waals surface area contributed by atoms with Crippen LogP contribution in [0.4, 0.5) is 0 Å². The molecule has 1 heterocycles. The van der Waals surface area contributed by atoms with Crippen molar-refractivity contribution >= 4 is 17.8 Å². The van der Waals surface area contributed by atoms with E-state index in [1.807, 2.05) is 13.0 Å². The topological polar surface area (TPSA) is 95.9 Å². The van der Waals surface area contributed by atoms with Gasteiger partial charge in [0.1, 0.15) is 12.1 Å². The highest BCUT2D eigenvalue weighted by atomic mass is 16.5. The third-order valence-corrected chi connectivity index (χ3v) is 5.64. The first kappa shape index (κ1) is 22.4. The van der Waals surface area contributed by atoms with E-state index >= 15 is 0 Å². The highest BCUT2D eigenvalue weighted by molar-refractivity contribution is 5.89. The molecule has 7 nitrogen and oxygen atoms in total. The maximum absolute atomic E-state index is 13.3. The largest absolute Gasteiger partial charge is 0.480 e. The van der Waals surface area contributed by atoms with Gasteiger partial charge in [-0.1, -0.05) is 25.8 Å². The van der Waals surface area contributed by atoms with Crippen LogP contribution in [-0.2, 0) is 19.1 Å². The Kier molecular flexibility index (Phi) is 8.48. The summed E-state index contributed by atoms with van der Waals surface area (Å²) in [5.41, 5.74) is 0.859. The molecule has 2 N–H and O–H groups in total. The lowest BCUT2D eigenvalue weighted by molar-refractivity contribution is -0.151. The Labute approximate surface area is 167 Å². The lowest BCUT2D eigenvalue weighted by Gasteiger charge is -2.36. The van der Waals surface area contributed by atoms with Gasteiger partial charge in [0.25, 0.3) is 0 Å². The number of fused-ring (bicyclic) bond motifs is 1. The summed E-state index contributed by atoms with van der Waals surface area (Å²) >= 11 is 0. The molecule has 0 saturated carbocycles. The summed E-state index contributed by atoms with van der Waals surface area (Å²) in [7, 11) is 0. The number of nitrogens with one attached hydrogen (secondary N) is 1. The lowest BCUT2D eigenvalue weighted by Crippen LogP contribution is -2.54. The molecular formula is C21H34N2O5. The summed E-state index contributed by atoms with van der Waals surface area (Å²) in [4.78, 5) is 39.0. The van der Waals surface area contributed by atoms with Gasteiger partial charge in [0.15, 0.2) is 0 Å². The number of carboxylic acid groups (broad SMARTS) is 1. The average Bonchev–Trinajstić information content (AvgIpc) is 2.86. The summed E-state index contributed by atoms with van der Waals surface area (Å²) < 4.78 is 5.12. The van der Waals surface area contributed by atoms with Crippen molar-refractivity contribution in [1.29, 1.82) is 0 Å². The number of hydrogen-bond acceptors (Lipinski definition) is 5. The van der Waals surface area contributed by atoms with E-state index in [1.165, 1.54) is 4.90 Å². The second kappa shape index (κ2) is 10.6. The van der Waals surface area contributed by atoms with E-state index in [0.29, 0.717) is 12.8 Å². The molecule has 0 aromatic heterocycles. The zero-order valence-electron chi connectivity index (χ0n) is 17.3. The van der Waals surface area contributed by atoms with Crippen LogP contribution in [0.25, 0.3) is 0 Å². The highest BCUT2D eigenvalue weighted by Crippen LogP contribution is 2.37. The summed E-state index contributed by atoms with van der Waals surface area (Å²) in [5, 5.41) is 12.9. The van der Waals surface area contributed by atoms with Crippen LogP contribution < -0.4 is 5.32 Å². The van der Waals surface area contributed by atoms with Gasteiger partial charge in [0.2, 0.25) is 5.91 Å². The van der Waals surface area contributed by atoms with Crippen LogP contribution >= 0.6 is 0 Å². The SMILES string of the molecule is CCC[C@H](N[C@@H](C)C(=O)N1C2=CCCCC2CCCC1C(=O)O)C(=O)OCC. The number of rotatable bonds is 8. The lowest BCUT2D eigenvalue weighted by atomic mass is 9.88. The number of allylic oxidation sites excluding steroid dienone is 2. The van der Waals surface area contributed by atoms with E-state index in [2.05, 4.69) is 5.32 Å². The standard InChI is InChI=1S/C21H34N2O5/c1-4-9-16(21(27)28-5-2)22-14(3)19(24)23-17-12-7-6-10-15(17)11-8-13-18(23)20(25)26/h12,14-16,18,22H,4-11,13H2,1-3H3,(H,25,26)/t14-,15?,16-,18?/m0/s1. The molecule has 1 amide bonds. The van der Waals surface area contributed by atoms with Gasteiger partial charge in [0, 0.05) is 5.70 Å². The second-order valence-electron chi connectivity index (χ2n) is 7.73. The molecule has 1 aliphatic carbocycles. The van der Waals surface area contributed by atoms with E-state index in [4.69, 9.17) is 4.74 Å². The van der Waals surface area contributed by atoms with Crippen molar-refractivity contribution in [1.82, 2.24) is 10.2 Å². The number of hydrogen-bond donors (Lipinski definition) is 2. The highest BCUT2D eigenvalue weighted by Gasteiger charge is 2.40. The van der Waals surface area contributed by atoms with E-state index in [1.54, 1.807) is 13.8 Å². The number of amides is 1. The van der Waals surface area contributed by atoms with E-state index in [0.717, 1.165) is 44.2 Å². The van der Waals surface area contributed by atoms with Gasteiger partial charge >= 0.3 is 11.9 Å². The van der Waals surface area contributed by atoms with Crippen molar-refractivity contribution in [2.45, 2.75) is 90.3 Å². The van der Waals surface area contributed by atoms with Crippen molar-refractivity contribution in [2.75, 3.05) is 6.61 Å². The Balaban J connectivity index is 2.23. The Hall–Kier alpha value is -1.89. The number of aliphatic carboxylic acids is 1.